The molecular weight excluding hydrogens is 233 g/mol. The third-order valence-corrected chi connectivity index (χ3v) is 4.72. The van der Waals surface area contributed by atoms with Crippen molar-refractivity contribution >= 4 is 11.8 Å². The number of rotatable bonds is 2. The summed E-state index contributed by atoms with van der Waals surface area (Å²) in [6.45, 7) is 7.25. The third-order valence-electron chi connectivity index (χ3n) is 3.47. The molecule has 1 aromatic rings. The van der Waals surface area contributed by atoms with Gasteiger partial charge in [-0.25, -0.2) is 4.39 Å². The van der Waals surface area contributed by atoms with Gasteiger partial charge in [0, 0.05) is 17.4 Å². The first-order chi connectivity index (χ1) is 8.15. The van der Waals surface area contributed by atoms with Gasteiger partial charge in [0.15, 0.2) is 0 Å². The molecule has 1 N–H and O–H groups in total. The summed E-state index contributed by atoms with van der Waals surface area (Å²) in [6, 6.07) is 3.67. The average Bonchev–Trinajstić information content (AvgIpc) is 2.46. The third kappa shape index (κ3) is 2.50. The fourth-order valence-electron chi connectivity index (χ4n) is 2.52. The molecule has 0 bridgehead atoms. The van der Waals surface area contributed by atoms with E-state index >= 15 is 0 Å². The number of fused-ring (bicyclic) bond motifs is 1. The van der Waals surface area contributed by atoms with E-state index in [2.05, 4.69) is 26.1 Å². The summed E-state index contributed by atoms with van der Waals surface area (Å²) in [5, 5.41) is 3.45. The Kier molecular flexibility index (Phi) is 4.10. The highest BCUT2D eigenvalue weighted by Gasteiger charge is 2.27. The van der Waals surface area contributed by atoms with Crippen molar-refractivity contribution < 1.29 is 4.39 Å². The van der Waals surface area contributed by atoms with Gasteiger partial charge in [-0.05, 0) is 42.3 Å². The number of benzene rings is 1. The number of thioether (sulfide) groups is 1. The van der Waals surface area contributed by atoms with E-state index in [4.69, 9.17) is 0 Å². The topological polar surface area (TPSA) is 12.0 Å². The van der Waals surface area contributed by atoms with Gasteiger partial charge in [0.1, 0.15) is 5.82 Å². The molecule has 2 rings (SSSR count). The molecule has 2 unspecified atom stereocenters. The van der Waals surface area contributed by atoms with Crippen LogP contribution in [0.3, 0.4) is 0 Å². The van der Waals surface area contributed by atoms with Crippen molar-refractivity contribution in [2.75, 3.05) is 12.3 Å². The Morgan fingerprint density at radius 2 is 2.24 bits per heavy atom. The van der Waals surface area contributed by atoms with Crippen LogP contribution in [0, 0.1) is 18.7 Å². The summed E-state index contributed by atoms with van der Waals surface area (Å²) in [5.41, 5.74) is 3.32. The number of nitrogens with one attached hydrogen (secondary N) is 1. The smallest absolute Gasteiger partial charge is 0.128 e. The van der Waals surface area contributed by atoms with Crippen molar-refractivity contribution in [2.45, 2.75) is 32.6 Å². The van der Waals surface area contributed by atoms with Gasteiger partial charge in [0.2, 0.25) is 0 Å². The molecule has 1 aliphatic heterocycles. The van der Waals surface area contributed by atoms with Gasteiger partial charge in [0.25, 0.3) is 0 Å². The normalized spacial score (nSPS) is 24.2. The van der Waals surface area contributed by atoms with Gasteiger partial charge in [-0.2, -0.15) is 11.8 Å². The maximum absolute atomic E-state index is 14.1. The molecule has 3 heteroatoms. The Morgan fingerprint density at radius 3 is 2.94 bits per heavy atom. The largest absolute Gasteiger partial charge is 0.310 e. The first-order valence-corrected chi connectivity index (χ1v) is 7.39. The lowest BCUT2D eigenvalue weighted by atomic mass is 9.90. The second kappa shape index (κ2) is 5.40. The highest BCUT2D eigenvalue weighted by molar-refractivity contribution is 7.98. The fourth-order valence-corrected chi connectivity index (χ4v) is 3.79. The predicted octanol–water partition coefficient (Wildman–Crippen LogP) is 3.67. The van der Waals surface area contributed by atoms with Crippen molar-refractivity contribution in [1.29, 1.82) is 0 Å². The van der Waals surface area contributed by atoms with Crippen LogP contribution in [0.25, 0.3) is 0 Å². The zero-order valence-electron chi connectivity index (χ0n) is 10.7. The quantitative estimate of drug-likeness (QED) is 0.863. The summed E-state index contributed by atoms with van der Waals surface area (Å²) >= 11 is 1.91. The van der Waals surface area contributed by atoms with E-state index < -0.39 is 0 Å². The maximum Gasteiger partial charge on any atom is 0.128 e. The van der Waals surface area contributed by atoms with Crippen LogP contribution < -0.4 is 5.32 Å². The Labute approximate surface area is 107 Å². The number of halogens is 1. The summed E-state index contributed by atoms with van der Waals surface area (Å²) in [7, 11) is 0. The lowest BCUT2D eigenvalue weighted by Gasteiger charge is -2.25. The molecular formula is C14H20FNS. The van der Waals surface area contributed by atoms with Crippen molar-refractivity contribution in [1.82, 2.24) is 5.32 Å². The summed E-state index contributed by atoms with van der Waals surface area (Å²) < 4.78 is 14.1. The molecule has 1 heterocycles. The second-order valence-electron chi connectivity index (χ2n) is 4.78. The van der Waals surface area contributed by atoms with E-state index in [-0.39, 0.29) is 11.9 Å². The van der Waals surface area contributed by atoms with Crippen LogP contribution in [0.1, 0.15) is 36.6 Å². The van der Waals surface area contributed by atoms with Crippen molar-refractivity contribution in [3.63, 3.8) is 0 Å². The zero-order valence-corrected chi connectivity index (χ0v) is 11.5. The minimum Gasteiger partial charge on any atom is -0.310 e. The molecule has 0 saturated carbocycles. The Balaban J connectivity index is 2.51. The standard InChI is InChI=1S/C14H20FNS/c1-4-16-14-10(3)7-17-8-11-9(2)5-6-12(15)13(11)14/h5-6,10,14,16H,4,7-8H2,1-3H3. The molecule has 0 radical (unpaired) electrons. The number of hydrogen-bond acceptors (Lipinski definition) is 2. The Morgan fingerprint density at radius 1 is 1.47 bits per heavy atom. The summed E-state index contributed by atoms with van der Waals surface area (Å²) in [6.07, 6.45) is 0. The molecule has 0 aromatic heterocycles. The first kappa shape index (κ1) is 12.9. The fraction of sp³-hybridized carbons (Fsp3) is 0.571. The minimum atomic E-state index is -0.0501. The van der Waals surface area contributed by atoms with Gasteiger partial charge >= 0.3 is 0 Å². The minimum absolute atomic E-state index is 0.0501. The lowest BCUT2D eigenvalue weighted by Crippen LogP contribution is -2.28. The van der Waals surface area contributed by atoms with Crippen LogP contribution in [0.5, 0.6) is 0 Å². The van der Waals surface area contributed by atoms with Gasteiger partial charge in [-0.15, -0.1) is 0 Å². The molecule has 0 fully saturated rings. The van der Waals surface area contributed by atoms with Gasteiger partial charge in [-0.1, -0.05) is 19.9 Å². The molecule has 0 saturated heterocycles. The molecule has 0 amide bonds. The molecule has 17 heavy (non-hydrogen) atoms. The SMILES string of the molecule is CCNC1c2c(F)ccc(C)c2CSCC1C. The predicted molar refractivity (Wildman–Crippen MR) is 72.9 cm³/mol. The van der Waals surface area contributed by atoms with Gasteiger partial charge in [-0.3, -0.25) is 0 Å². The van der Waals surface area contributed by atoms with Gasteiger partial charge in [0.05, 0.1) is 0 Å². The van der Waals surface area contributed by atoms with E-state index in [9.17, 15) is 4.39 Å². The van der Waals surface area contributed by atoms with E-state index in [1.165, 1.54) is 11.1 Å². The Bertz CT molecular complexity index is 405. The van der Waals surface area contributed by atoms with Crippen LogP contribution in [0.4, 0.5) is 4.39 Å². The number of aryl methyl sites for hydroxylation is 1. The first-order valence-electron chi connectivity index (χ1n) is 6.24. The zero-order chi connectivity index (χ0) is 12.4. The van der Waals surface area contributed by atoms with Crippen LogP contribution >= 0.6 is 11.8 Å². The molecule has 1 aromatic carbocycles. The van der Waals surface area contributed by atoms with Crippen LogP contribution in [-0.4, -0.2) is 12.3 Å². The molecule has 2 atom stereocenters. The molecule has 1 nitrogen and oxygen atoms in total. The number of hydrogen-bond donors (Lipinski definition) is 1. The van der Waals surface area contributed by atoms with Crippen LogP contribution in [-0.2, 0) is 5.75 Å². The monoisotopic (exact) mass is 253 g/mol. The maximum atomic E-state index is 14.1. The van der Waals surface area contributed by atoms with E-state index in [1.807, 2.05) is 17.8 Å². The summed E-state index contributed by atoms with van der Waals surface area (Å²) in [4.78, 5) is 0. The van der Waals surface area contributed by atoms with Gasteiger partial charge < -0.3 is 5.32 Å². The highest BCUT2D eigenvalue weighted by atomic mass is 32.2. The molecule has 94 valence electrons. The second-order valence-corrected chi connectivity index (χ2v) is 5.81. The van der Waals surface area contributed by atoms with E-state index in [0.717, 1.165) is 23.6 Å². The van der Waals surface area contributed by atoms with Crippen molar-refractivity contribution in [3.8, 4) is 0 Å². The van der Waals surface area contributed by atoms with E-state index in [0.29, 0.717) is 5.92 Å². The molecule has 0 aliphatic carbocycles. The van der Waals surface area contributed by atoms with Crippen LogP contribution in [0.15, 0.2) is 12.1 Å². The van der Waals surface area contributed by atoms with Crippen molar-refractivity contribution in [2.24, 2.45) is 5.92 Å². The lowest BCUT2D eigenvalue weighted by molar-refractivity contribution is 0.411. The van der Waals surface area contributed by atoms with E-state index in [1.54, 1.807) is 6.07 Å². The Hall–Kier alpha value is -0.540. The summed E-state index contributed by atoms with van der Waals surface area (Å²) in [5.74, 6) is 2.44. The highest BCUT2D eigenvalue weighted by Crippen LogP contribution is 2.37. The van der Waals surface area contributed by atoms with Crippen molar-refractivity contribution in [3.05, 3.63) is 34.6 Å². The van der Waals surface area contributed by atoms with Crippen LogP contribution in [0.2, 0.25) is 0 Å². The molecule has 1 aliphatic rings. The molecule has 0 spiro atoms. The average molecular weight is 253 g/mol.